The molecule has 1 aromatic rings. The average Bonchev–Trinajstić information content (AvgIpc) is 2.74. The zero-order chi connectivity index (χ0) is 13.8. The molecule has 0 aromatic heterocycles. The van der Waals surface area contributed by atoms with E-state index >= 15 is 0 Å². The molecule has 1 saturated heterocycles. The second-order valence-electron chi connectivity index (χ2n) is 5.47. The van der Waals surface area contributed by atoms with Gasteiger partial charge in [0.25, 0.3) is 0 Å². The molecule has 19 heavy (non-hydrogen) atoms. The number of ether oxygens (including phenoxy) is 1. The zero-order valence-electron chi connectivity index (χ0n) is 11.6. The van der Waals surface area contributed by atoms with Crippen LogP contribution in [0.4, 0.5) is 5.69 Å². The van der Waals surface area contributed by atoms with E-state index in [0.29, 0.717) is 31.4 Å². The van der Waals surface area contributed by atoms with Gasteiger partial charge in [-0.15, -0.1) is 0 Å². The third kappa shape index (κ3) is 3.63. The second kappa shape index (κ2) is 5.95. The quantitative estimate of drug-likeness (QED) is 0.827. The summed E-state index contributed by atoms with van der Waals surface area (Å²) >= 11 is 0. The zero-order valence-corrected chi connectivity index (χ0v) is 11.6. The maximum absolute atomic E-state index is 11.8. The van der Waals surface area contributed by atoms with Crippen LogP contribution in [-0.4, -0.2) is 30.5 Å². The number of nitrogens with two attached hydrogens (primary N) is 1. The van der Waals surface area contributed by atoms with E-state index < -0.39 is 0 Å². The van der Waals surface area contributed by atoms with E-state index in [9.17, 15) is 4.79 Å². The third-order valence-corrected chi connectivity index (χ3v) is 3.70. The molecular weight excluding hydrogens is 240 g/mol. The van der Waals surface area contributed by atoms with Gasteiger partial charge < -0.3 is 15.4 Å². The van der Waals surface area contributed by atoms with Crippen LogP contribution in [0.1, 0.15) is 20.3 Å². The van der Waals surface area contributed by atoms with Crippen molar-refractivity contribution in [2.75, 3.05) is 25.4 Å². The number of nitrogen functional groups attached to an aromatic ring is 1. The summed E-state index contributed by atoms with van der Waals surface area (Å²) in [5.41, 5.74) is 6.33. The Labute approximate surface area is 114 Å². The van der Waals surface area contributed by atoms with E-state index in [2.05, 4.69) is 13.8 Å². The predicted molar refractivity (Wildman–Crippen MR) is 75.9 cm³/mol. The van der Waals surface area contributed by atoms with Gasteiger partial charge in [-0.05, 0) is 36.1 Å². The summed E-state index contributed by atoms with van der Waals surface area (Å²) in [7, 11) is 0. The summed E-state index contributed by atoms with van der Waals surface area (Å²) in [6.45, 7) is 6.40. The van der Waals surface area contributed by atoms with Crippen molar-refractivity contribution in [2.24, 2.45) is 11.8 Å². The molecule has 0 spiro atoms. The van der Waals surface area contributed by atoms with Crippen molar-refractivity contribution >= 4 is 11.6 Å². The van der Waals surface area contributed by atoms with Gasteiger partial charge in [0, 0.05) is 18.7 Å². The fourth-order valence-corrected chi connectivity index (χ4v) is 2.30. The van der Waals surface area contributed by atoms with Gasteiger partial charge in [-0.3, -0.25) is 4.79 Å². The molecule has 1 fully saturated rings. The lowest BCUT2D eigenvalue weighted by Gasteiger charge is -2.18. The van der Waals surface area contributed by atoms with Crippen LogP contribution < -0.4 is 10.5 Å². The lowest BCUT2D eigenvalue weighted by molar-refractivity contribution is -0.128. The minimum Gasteiger partial charge on any atom is -0.492 e. The molecule has 1 unspecified atom stereocenters. The average molecular weight is 262 g/mol. The summed E-state index contributed by atoms with van der Waals surface area (Å²) in [6, 6.07) is 7.31. The Morgan fingerprint density at radius 2 is 2.05 bits per heavy atom. The van der Waals surface area contributed by atoms with Crippen molar-refractivity contribution in [3.63, 3.8) is 0 Å². The van der Waals surface area contributed by atoms with Gasteiger partial charge >= 0.3 is 0 Å². The Morgan fingerprint density at radius 1 is 1.37 bits per heavy atom. The first-order valence-electron chi connectivity index (χ1n) is 6.82. The predicted octanol–water partition coefficient (Wildman–Crippen LogP) is 2.15. The Kier molecular flexibility index (Phi) is 4.30. The van der Waals surface area contributed by atoms with Gasteiger partial charge in [0.1, 0.15) is 12.4 Å². The molecule has 0 aliphatic carbocycles. The number of rotatable bonds is 5. The molecular formula is C15H22N2O2. The normalized spacial score (nSPS) is 19.2. The molecule has 2 N–H and O–H groups in total. The van der Waals surface area contributed by atoms with Gasteiger partial charge in [-0.1, -0.05) is 13.8 Å². The molecule has 1 aliphatic heterocycles. The molecule has 0 bridgehead atoms. The maximum Gasteiger partial charge on any atom is 0.223 e. The molecule has 2 rings (SSSR count). The molecule has 104 valence electrons. The van der Waals surface area contributed by atoms with Crippen molar-refractivity contribution < 1.29 is 9.53 Å². The summed E-state index contributed by atoms with van der Waals surface area (Å²) in [5, 5.41) is 0. The van der Waals surface area contributed by atoms with E-state index in [-0.39, 0.29) is 5.91 Å². The minimum absolute atomic E-state index is 0.250. The monoisotopic (exact) mass is 262 g/mol. The summed E-state index contributed by atoms with van der Waals surface area (Å²) in [5.74, 6) is 2.09. The van der Waals surface area contributed by atoms with Crippen LogP contribution in [0, 0.1) is 11.8 Å². The molecule has 0 saturated carbocycles. The number of carbonyl (C=O) groups is 1. The first-order chi connectivity index (χ1) is 9.06. The van der Waals surface area contributed by atoms with Gasteiger partial charge in [0.2, 0.25) is 5.91 Å². The molecule has 1 aromatic carbocycles. The molecule has 1 heterocycles. The Bertz CT molecular complexity index is 428. The highest BCUT2D eigenvalue weighted by molar-refractivity contribution is 5.78. The molecule has 0 radical (unpaired) electrons. The van der Waals surface area contributed by atoms with Crippen LogP contribution in [0.2, 0.25) is 0 Å². The van der Waals surface area contributed by atoms with Crippen LogP contribution in [0.15, 0.2) is 24.3 Å². The molecule has 1 atom stereocenters. The van der Waals surface area contributed by atoms with Gasteiger partial charge in [0.05, 0.1) is 6.54 Å². The van der Waals surface area contributed by atoms with Crippen LogP contribution in [0.3, 0.4) is 0 Å². The number of carbonyl (C=O) groups excluding carboxylic acids is 1. The van der Waals surface area contributed by atoms with Crippen LogP contribution >= 0.6 is 0 Å². The highest BCUT2D eigenvalue weighted by atomic mass is 16.5. The topological polar surface area (TPSA) is 55.6 Å². The lowest BCUT2D eigenvalue weighted by Crippen LogP contribution is -2.30. The highest BCUT2D eigenvalue weighted by Gasteiger charge is 2.30. The summed E-state index contributed by atoms with van der Waals surface area (Å²) in [6.07, 6.45) is 0.680. The third-order valence-electron chi connectivity index (χ3n) is 3.70. The highest BCUT2D eigenvalue weighted by Crippen LogP contribution is 2.24. The van der Waals surface area contributed by atoms with Crippen molar-refractivity contribution in [3.8, 4) is 5.75 Å². The Balaban J connectivity index is 1.77. The fourth-order valence-electron chi connectivity index (χ4n) is 2.30. The van der Waals surface area contributed by atoms with Crippen LogP contribution in [-0.2, 0) is 4.79 Å². The van der Waals surface area contributed by atoms with Crippen molar-refractivity contribution in [2.45, 2.75) is 20.3 Å². The number of nitrogens with zero attached hydrogens (tertiary/aromatic N) is 1. The van der Waals surface area contributed by atoms with Crippen molar-refractivity contribution in [1.29, 1.82) is 0 Å². The van der Waals surface area contributed by atoms with Gasteiger partial charge in [-0.25, -0.2) is 0 Å². The van der Waals surface area contributed by atoms with E-state index in [1.54, 1.807) is 0 Å². The second-order valence-corrected chi connectivity index (χ2v) is 5.47. The first-order valence-corrected chi connectivity index (χ1v) is 6.82. The summed E-state index contributed by atoms with van der Waals surface area (Å²) < 4.78 is 5.62. The van der Waals surface area contributed by atoms with E-state index in [1.807, 2.05) is 29.2 Å². The molecule has 1 aliphatic rings. The molecule has 4 heteroatoms. The number of benzene rings is 1. The van der Waals surface area contributed by atoms with Gasteiger partial charge in [0.15, 0.2) is 0 Å². The van der Waals surface area contributed by atoms with E-state index in [1.165, 1.54) is 0 Å². The number of amides is 1. The number of anilines is 1. The number of hydrogen-bond acceptors (Lipinski definition) is 3. The molecule has 4 nitrogen and oxygen atoms in total. The SMILES string of the molecule is CC(C)C1CC(=O)N(CCOc2ccc(N)cc2)C1. The lowest BCUT2D eigenvalue weighted by atomic mass is 9.95. The Hall–Kier alpha value is -1.71. The minimum atomic E-state index is 0.250. The van der Waals surface area contributed by atoms with Crippen LogP contribution in [0.25, 0.3) is 0 Å². The largest absolute Gasteiger partial charge is 0.492 e. The first kappa shape index (κ1) is 13.7. The maximum atomic E-state index is 11.8. The number of likely N-dealkylation sites (tertiary alicyclic amines) is 1. The standard InChI is InChI=1S/C15H22N2O2/c1-11(2)12-9-15(18)17(10-12)7-8-19-14-5-3-13(16)4-6-14/h3-6,11-12H,7-10,16H2,1-2H3. The summed E-state index contributed by atoms with van der Waals surface area (Å²) in [4.78, 5) is 13.7. The van der Waals surface area contributed by atoms with Crippen molar-refractivity contribution in [3.05, 3.63) is 24.3 Å². The smallest absolute Gasteiger partial charge is 0.223 e. The van der Waals surface area contributed by atoms with Crippen molar-refractivity contribution in [1.82, 2.24) is 4.90 Å². The van der Waals surface area contributed by atoms with E-state index in [0.717, 1.165) is 18.0 Å². The molecule has 1 amide bonds. The van der Waals surface area contributed by atoms with Crippen LogP contribution in [0.5, 0.6) is 5.75 Å². The Morgan fingerprint density at radius 3 is 2.63 bits per heavy atom. The fraction of sp³-hybridized carbons (Fsp3) is 0.533. The van der Waals surface area contributed by atoms with Gasteiger partial charge in [-0.2, -0.15) is 0 Å². The van der Waals surface area contributed by atoms with E-state index in [4.69, 9.17) is 10.5 Å². The number of hydrogen-bond donors (Lipinski definition) is 1.